The molecule has 108 valence electrons. The van der Waals surface area contributed by atoms with Crippen LogP contribution in [0.5, 0.6) is 5.75 Å². The first-order valence-corrected chi connectivity index (χ1v) is 6.94. The molecule has 20 heavy (non-hydrogen) atoms. The fourth-order valence-corrected chi connectivity index (χ4v) is 1.71. The largest absolute Gasteiger partial charge is 0.493 e. The molecule has 5 heteroatoms. The van der Waals surface area contributed by atoms with Gasteiger partial charge in [-0.1, -0.05) is 37.2 Å². The molecule has 1 aromatic heterocycles. The maximum absolute atomic E-state index is 5.59. The Bertz CT molecular complexity index is 497. The van der Waals surface area contributed by atoms with Crippen molar-refractivity contribution in [1.82, 2.24) is 15.5 Å². The van der Waals surface area contributed by atoms with Crippen molar-refractivity contribution >= 4 is 0 Å². The Hall–Kier alpha value is -1.88. The average molecular weight is 275 g/mol. The van der Waals surface area contributed by atoms with Gasteiger partial charge in [-0.2, -0.15) is 4.98 Å². The molecule has 2 aromatic rings. The summed E-state index contributed by atoms with van der Waals surface area (Å²) in [6, 6.07) is 9.71. The number of benzene rings is 1. The Balaban J connectivity index is 1.70. The van der Waals surface area contributed by atoms with Crippen LogP contribution in [-0.2, 0) is 13.0 Å². The maximum atomic E-state index is 5.59. The van der Waals surface area contributed by atoms with Gasteiger partial charge in [-0.3, -0.25) is 0 Å². The molecule has 0 radical (unpaired) electrons. The van der Waals surface area contributed by atoms with Crippen LogP contribution >= 0.6 is 0 Å². The number of nitrogens with zero attached hydrogens (tertiary/aromatic N) is 2. The Labute approximate surface area is 119 Å². The van der Waals surface area contributed by atoms with Gasteiger partial charge < -0.3 is 14.6 Å². The molecular formula is C15H21N3O2. The molecule has 0 spiro atoms. The SMILES string of the molecule is CC(C)CNCc1nc(CCOc2ccccc2)no1. The first kappa shape index (κ1) is 14.5. The number of hydrogen-bond donors (Lipinski definition) is 1. The van der Waals surface area contributed by atoms with Crippen LogP contribution in [0.1, 0.15) is 25.6 Å². The standard InChI is InChI=1S/C15H21N3O2/c1-12(2)10-16-11-15-17-14(18-20-15)8-9-19-13-6-4-3-5-7-13/h3-7,12,16H,8-11H2,1-2H3. The van der Waals surface area contributed by atoms with Gasteiger partial charge in [-0.15, -0.1) is 0 Å². The van der Waals surface area contributed by atoms with Gasteiger partial charge in [0.15, 0.2) is 5.82 Å². The molecule has 0 fully saturated rings. The molecule has 0 amide bonds. The Morgan fingerprint density at radius 1 is 1.25 bits per heavy atom. The Morgan fingerprint density at radius 3 is 2.80 bits per heavy atom. The van der Waals surface area contributed by atoms with E-state index in [0.29, 0.717) is 37.2 Å². The number of para-hydroxylation sites is 1. The molecule has 1 aromatic carbocycles. The van der Waals surface area contributed by atoms with Crippen LogP contribution in [-0.4, -0.2) is 23.3 Å². The summed E-state index contributed by atoms with van der Waals surface area (Å²) in [5, 5.41) is 7.21. The van der Waals surface area contributed by atoms with E-state index in [1.54, 1.807) is 0 Å². The van der Waals surface area contributed by atoms with Crippen LogP contribution in [0.4, 0.5) is 0 Å². The minimum atomic E-state index is 0.544. The summed E-state index contributed by atoms with van der Waals surface area (Å²) in [7, 11) is 0. The Morgan fingerprint density at radius 2 is 2.05 bits per heavy atom. The van der Waals surface area contributed by atoms with Gasteiger partial charge in [0.1, 0.15) is 5.75 Å². The third-order valence-corrected chi connectivity index (χ3v) is 2.68. The third-order valence-electron chi connectivity index (χ3n) is 2.68. The van der Waals surface area contributed by atoms with Crippen LogP contribution in [0.2, 0.25) is 0 Å². The van der Waals surface area contributed by atoms with E-state index in [9.17, 15) is 0 Å². The fraction of sp³-hybridized carbons (Fsp3) is 0.467. The van der Waals surface area contributed by atoms with Gasteiger partial charge in [-0.25, -0.2) is 0 Å². The van der Waals surface area contributed by atoms with Crippen LogP contribution in [0.3, 0.4) is 0 Å². The van der Waals surface area contributed by atoms with Crippen molar-refractivity contribution in [3.05, 3.63) is 42.0 Å². The van der Waals surface area contributed by atoms with Gasteiger partial charge in [0.05, 0.1) is 13.2 Å². The molecule has 0 atom stereocenters. The second-order valence-electron chi connectivity index (χ2n) is 5.04. The quantitative estimate of drug-likeness (QED) is 0.801. The molecule has 1 heterocycles. The van der Waals surface area contributed by atoms with E-state index in [-0.39, 0.29) is 0 Å². The zero-order valence-corrected chi connectivity index (χ0v) is 12.0. The highest BCUT2D eigenvalue weighted by Gasteiger charge is 2.06. The third kappa shape index (κ3) is 5.01. The summed E-state index contributed by atoms with van der Waals surface area (Å²) < 4.78 is 10.8. The molecule has 0 saturated heterocycles. The number of nitrogens with one attached hydrogen (secondary N) is 1. The molecular weight excluding hydrogens is 254 g/mol. The second-order valence-corrected chi connectivity index (χ2v) is 5.04. The van der Waals surface area contributed by atoms with E-state index < -0.39 is 0 Å². The van der Waals surface area contributed by atoms with E-state index in [1.807, 2.05) is 30.3 Å². The first-order valence-electron chi connectivity index (χ1n) is 6.94. The van der Waals surface area contributed by atoms with Crippen molar-refractivity contribution in [1.29, 1.82) is 0 Å². The highest BCUT2D eigenvalue weighted by Crippen LogP contribution is 2.08. The average Bonchev–Trinajstić information content (AvgIpc) is 2.87. The van der Waals surface area contributed by atoms with Crippen molar-refractivity contribution < 1.29 is 9.26 Å². The van der Waals surface area contributed by atoms with Gasteiger partial charge in [0, 0.05) is 6.42 Å². The number of aromatic nitrogens is 2. The lowest BCUT2D eigenvalue weighted by atomic mass is 10.2. The van der Waals surface area contributed by atoms with Gasteiger partial charge >= 0.3 is 0 Å². The summed E-state index contributed by atoms with van der Waals surface area (Å²) in [5.41, 5.74) is 0. The highest BCUT2D eigenvalue weighted by molar-refractivity contribution is 5.20. The maximum Gasteiger partial charge on any atom is 0.240 e. The molecule has 0 aliphatic heterocycles. The lowest BCUT2D eigenvalue weighted by Crippen LogP contribution is -2.19. The summed E-state index contributed by atoms with van der Waals surface area (Å²) in [5.74, 6) is 2.77. The predicted molar refractivity (Wildman–Crippen MR) is 76.5 cm³/mol. The van der Waals surface area contributed by atoms with E-state index in [4.69, 9.17) is 9.26 Å². The number of rotatable bonds is 8. The fourth-order valence-electron chi connectivity index (χ4n) is 1.71. The van der Waals surface area contributed by atoms with Crippen molar-refractivity contribution in [2.24, 2.45) is 5.92 Å². The van der Waals surface area contributed by atoms with E-state index in [2.05, 4.69) is 29.3 Å². The topological polar surface area (TPSA) is 60.2 Å². The molecule has 0 saturated carbocycles. The van der Waals surface area contributed by atoms with Crippen molar-refractivity contribution in [2.75, 3.05) is 13.2 Å². The predicted octanol–water partition coefficient (Wildman–Crippen LogP) is 2.44. The minimum Gasteiger partial charge on any atom is -0.493 e. The summed E-state index contributed by atoms with van der Waals surface area (Å²) in [4.78, 5) is 4.32. The van der Waals surface area contributed by atoms with Crippen LogP contribution < -0.4 is 10.1 Å². The van der Waals surface area contributed by atoms with E-state index in [1.165, 1.54) is 0 Å². The molecule has 0 aliphatic rings. The molecule has 1 N–H and O–H groups in total. The Kier molecular flexibility index (Phi) is 5.55. The highest BCUT2D eigenvalue weighted by atomic mass is 16.5. The van der Waals surface area contributed by atoms with Gasteiger partial charge in [0.2, 0.25) is 5.89 Å². The lowest BCUT2D eigenvalue weighted by Gasteiger charge is -2.03. The van der Waals surface area contributed by atoms with Gasteiger partial charge in [-0.05, 0) is 24.6 Å². The summed E-state index contributed by atoms with van der Waals surface area (Å²) in [6.07, 6.45) is 0.641. The monoisotopic (exact) mass is 275 g/mol. The van der Waals surface area contributed by atoms with Crippen LogP contribution in [0.15, 0.2) is 34.9 Å². The second kappa shape index (κ2) is 7.65. The summed E-state index contributed by atoms with van der Waals surface area (Å²) >= 11 is 0. The molecule has 0 unspecified atom stereocenters. The molecule has 2 rings (SSSR count). The zero-order valence-electron chi connectivity index (χ0n) is 12.0. The number of hydrogen-bond acceptors (Lipinski definition) is 5. The van der Waals surface area contributed by atoms with E-state index >= 15 is 0 Å². The van der Waals surface area contributed by atoms with Crippen molar-refractivity contribution in [3.63, 3.8) is 0 Å². The van der Waals surface area contributed by atoms with E-state index in [0.717, 1.165) is 12.3 Å². The first-order chi connectivity index (χ1) is 9.74. The smallest absolute Gasteiger partial charge is 0.240 e. The van der Waals surface area contributed by atoms with Crippen molar-refractivity contribution in [3.8, 4) is 5.75 Å². The van der Waals surface area contributed by atoms with Crippen LogP contribution in [0, 0.1) is 5.92 Å². The van der Waals surface area contributed by atoms with Crippen molar-refractivity contribution in [2.45, 2.75) is 26.8 Å². The minimum absolute atomic E-state index is 0.544. The number of ether oxygens (including phenoxy) is 1. The van der Waals surface area contributed by atoms with Crippen LogP contribution in [0.25, 0.3) is 0 Å². The lowest BCUT2D eigenvalue weighted by molar-refractivity contribution is 0.313. The molecule has 0 aliphatic carbocycles. The normalized spacial score (nSPS) is 10.9. The molecule has 5 nitrogen and oxygen atoms in total. The summed E-state index contributed by atoms with van der Waals surface area (Å²) in [6.45, 7) is 6.42. The molecule has 0 bridgehead atoms. The van der Waals surface area contributed by atoms with Gasteiger partial charge in [0.25, 0.3) is 0 Å². The zero-order chi connectivity index (χ0) is 14.2.